The highest BCUT2D eigenvalue weighted by atomic mass is 19.1. The summed E-state index contributed by atoms with van der Waals surface area (Å²) in [6.07, 6.45) is 6.20. The van der Waals surface area contributed by atoms with Gasteiger partial charge in [0, 0.05) is 32.3 Å². The van der Waals surface area contributed by atoms with Crippen LogP contribution in [0.1, 0.15) is 39.0 Å². The van der Waals surface area contributed by atoms with Crippen molar-refractivity contribution in [2.45, 2.75) is 45.6 Å². The predicted octanol–water partition coefficient (Wildman–Crippen LogP) is 3.41. The van der Waals surface area contributed by atoms with Gasteiger partial charge in [0.2, 0.25) is 5.91 Å². The van der Waals surface area contributed by atoms with Gasteiger partial charge in [0.25, 0.3) is 5.56 Å². The van der Waals surface area contributed by atoms with Gasteiger partial charge in [-0.3, -0.25) is 9.59 Å². The van der Waals surface area contributed by atoms with Crippen LogP contribution in [-0.4, -0.2) is 46.0 Å². The molecule has 0 saturated carbocycles. The van der Waals surface area contributed by atoms with E-state index in [2.05, 4.69) is 17.1 Å². The minimum Gasteiger partial charge on any atom is -0.356 e. The average Bonchev–Trinajstić information content (AvgIpc) is 3.24. The molecule has 3 heterocycles. The standard InChI is InChI=1S/C24H31FN4O2/c1-18-6-2-12-27(17-18)13-5-11-26-23(30)8-4-15-29-22-16-19(25)9-10-20(22)28-14-3-7-21(28)24(29)31/h3,7,9-10,14,16,18H,2,4-6,8,11-13,15,17H2,1H3,(H,26,30). The van der Waals surface area contributed by atoms with E-state index >= 15 is 0 Å². The van der Waals surface area contributed by atoms with Crippen molar-refractivity contribution in [3.63, 3.8) is 0 Å². The Kier molecular flexibility index (Phi) is 6.70. The molecule has 0 radical (unpaired) electrons. The van der Waals surface area contributed by atoms with Gasteiger partial charge >= 0.3 is 0 Å². The van der Waals surface area contributed by atoms with Gasteiger partial charge in [-0.25, -0.2) is 4.39 Å². The molecule has 1 fully saturated rings. The van der Waals surface area contributed by atoms with Crippen LogP contribution in [0.4, 0.5) is 4.39 Å². The van der Waals surface area contributed by atoms with Crippen molar-refractivity contribution in [3.05, 3.63) is 52.7 Å². The molecule has 1 aromatic carbocycles. The van der Waals surface area contributed by atoms with E-state index in [0.29, 0.717) is 37.0 Å². The van der Waals surface area contributed by atoms with Crippen LogP contribution in [0, 0.1) is 11.7 Å². The summed E-state index contributed by atoms with van der Waals surface area (Å²) < 4.78 is 17.2. The fraction of sp³-hybridized carbons (Fsp3) is 0.500. The van der Waals surface area contributed by atoms with Crippen LogP contribution in [0.5, 0.6) is 0 Å². The summed E-state index contributed by atoms with van der Waals surface area (Å²) >= 11 is 0. The zero-order chi connectivity index (χ0) is 21.8. The second kappa shape index (κ2) is 9.64. The Bertz CT molecular complexity index is 1120. The highest BCUT2D eigenvalue weighted by molar-refractivity contribution is 5.79. The van der Waals surface area contributed by atoms with Crippen LogP contribution in [0.15, 0.2) is 41.3 Å². The number of halogens is 1. The van der Waals surface area contributed by atoms with Gasteiger partial charge in [-0.15, -0.1) is 0 Å². The number of rotatable bonds is 8. The van der Waals surface area contributed by atoms with E-state index in [1.807, 2.05) is 6.07 Å². The SMILES string of the molecule is CC1CCCN(CCCNC(=O)CCCn2c(=O)c3cccn3c3ccc(F)cc32)C1. The zero-order valence-corrected chi connectivity index (χ0v) is 18.1. The first kappa shape index (κ1) is 21.6. The Hall–Kier alpha value is -2.67. The molecule has 1 atom stereocenters. The first-order valence-electron chi connectivity index (χ1n) is 11.3. The number of benzene rings is 1. The number of carbonyl (C=O) groups is 1. The van der Waals surface area contributed by atoms with E-state index < -0.39 is 0 Å². The number of hydrogen-bond acceptors (Lipinski definition) is 3. The van der Waals surface area contributed by atoms with E-state index in [1.54, 1.807) is 27.3 Å². The number of fused-ring (bicyclic) bond motifs is 3. The molecule has 1 aliphatic rings. The highest BCUT2D eigenvalue weighted by Crippen LogP contribution is 2.17. The number of nitrogens with one attached hydrogen (secondary N) is 1. The van der Waals surface area contributed by atoms with E-state index in [0.717, 1.165) is 37.5 Å². The largest absolute Gasteiger partial charge is 0.356 e. The molecule has 0 spiro atoms. The highest BCUT2D eigenvalue weighted by Gasteiger charge is 2.15. The average molecular weight is 427 g/mol. The maximum Gasteiger partial charge on any atom is 0.275 e. The molecule has 7 heteroatoms. The molecule has 6 nitrogen and oxygen atoms in total. The maximum absolute atomic E-state index is 13.9. The molecule has 1 aliphatic heterocycles. The Morgan fingerprint density at radius 2 is 2.03 bits per heavy atom. The number of likely N-dealkylation sites (tertiary alicyclic amines) is 1. The summed E-state index contributed by atoms with van der Waals surface area (Å²) in [6.45, 7) is 6.68. The Morgan fingerprint density at radius 1 is 1.16 bits per heavy atom. The van der Waals surface area contributed by atoms with Crippen molar-refractivity contribution < 1.29 is 9.18 Å². The van der Waals surface area contributed by atoms with Crippen molar-refractivity contribution in [1.29, 1.82) is 0 Å². The lowest BCUT2D eigenvalue weighted by atomic mass is 10.0. The molecule has 1 unspecified atom stereocenters. The van der Waals surface area contributed by atoms with Crippen LogP contribution in [0.2, 0.25) is 0 Å². The number of nitrogens with zero attached hydrogens (tertiary/aromatic N) is 3. The number of hydrogen-bond donors (Lipinski definition) is 1. The number of piperidine rings is 1. The molecule has 0 bridgehead atoms. The van der Waals surface area contributed by atoms with E-state index in [-0.39, 0.29) is 17.3 Å². The number of amides is 1. The van der Waals surface area contributed by atoms with Gasteiger partial charge in [-0.05, 0) is 75.0 Å². The van der Waals surface area contributed by atoms with Crippen LogP contribution in [-0.2, 0) is 11.3 Å². The molecule has 31 heavy (non-hydrogen) atoms. The fourth-order valence-electron chi connectivity index (χ4n) is 4.66. The van der Waals surface area contributed by atoms with Gasteiger partial charge in [0.1, 0.15) is 11.3 Å². The van der Waals surface area contributed by atoms with Gasteiger partial charge in [0.15, 0.2) is 0 Å². The van der Waals surface area contributed by atoms with E-state index in [9.17, 15) is 14.0 Å². The van der Waals surface area contributed by atoms with Gasteiger partial charge < -0.3 is 19.2 Å². The summed E-state index contributed by atoms with van der Waals surface area (Å²) in [4.78, 5) is 27.6. The monoisotopic (exact) mass is 426 g/mol. The number of carbonyl (C=O) groups excluding carboxylic acids is 1. The third-order valence-corrected chi connectivity index (χ3v) is 6.20. The van der Waals surface area contributed by atoms with Gasteiger partial charge in [0.05, 0.1) is 11.0 Å². The summed E-state index contributed by atoms with van der Waals surface area (Å²) in [7, 11) is 0. The maximum atomic E-state index is 13.9. The molecule has 2 aromatic heterocycles. The normalized spacial score (nSPS) is 17.4. The van der Waals surface area contributed by atoms with Gasteiger partial charge in [-0.1, -0.05) is 6.92 Å². The third kappa shape index (κ3) is 4.98. The van der Waals surface area contributed by atoms with Crippen molar-refractivity contribution in [3.8, 4) is 0 Å². The second-order valence-corrected chi connectivity index (χ2v) is 8.71. The molecule has 166 valence electrons. The summed E-state index contributed by atoms with van der Waals surface area (Å²) in [5, 5.41) is 2.99. The summed E-state index contributed by atoms with van der Waals surface area (Å²) in [6, 6.07) is 8.04. The van der Waals surface area contributed by atoms with E-state index in [1.165, 1.54) is 25.0 Å². The van der Waals surface area contributed by atoms with E-state index in [4.69, 9.17) is 0 Å². The smallest absolute Gasteiger partial charge is 0.275 e. The Morgan fingerprint density at radius 3 is 2.87 bits per heavy atom. The van der Waals surface area contributed by atoms with Crippen LogP contribution >= 0.6 is 0 Å². The summed E-state index contributed by atoms with van der Waals surface area (Å²) in [5.41, 5.74) is 1.71. The van der Waals surface area contributed by atoms with Crippen LogP contribution in [0.3, 0.4) is 0 Å². The Labute approximate surface area is 181 Å². The summed E-state index contributed by atoms with van der Waals surface area (Å²) in [5.74, 6) is 0.384. The molecule has 1 saturated heterocycles. The Balaban J connectivity index is 1.31. The molecular weight excluding hydrogens is 395 g/mol. The molecule has 1 N–H and O–H groups in total. The van der Waals surface area contributed by atoms with Gasteiger partial charge in [-0.2, -0.15) is 0 Å². The van der Waals surface area contributed by atoms with Crippen LogP contribution < -0.4 is 10.9 Å². The lowest BCUT2D eigenvalue weighted by molar-refractivity contribution is -0.121. The first-order valence-corrected chi connectivity index (χ1v) is 11.3. The second-order valence-electron chi connectivity index (χ2n) is 8.71. The predicted molar refractivity (Wildman–Crippen MR) is 121 cm³/mol. The zero-order valence-electron chi connectivity index (χ0n) is 18.1. The molecule has 1 amide bonds. The van der Waals surface area contributed by atoms with Crippen molar-refractivity contribution >= 4 is 22.5 Å². The van der Waals surface area contributed by atoms with Crippen molar-refractivity contribution in [2.75, 3.05) is 26.2 Å². The number of aryl methyl sites for hydroxylation is 1. The van der Waals surface area contributed by atoms with Crippen molar-refractivity contribution in [1.82, 2.24) is 19.2 Å². The quantitative estimate of drug-likeness (QED) is 0.562. The minimum absolute atomic E-state index is 0.000638. The number of aromatic nitrogens is 2. The lowest BCUT2D eigenvalue weighted by Crippen LogP contribution is -2.36. The first-order chi connectivity index (χ1) is 15.0. The fourth-order valence-corrected chi connectivity index (χ4v) is 4.66. The lowest BCUT2D eigenvalue weighted by Gasteiger charge is -2.30. The van der Waals surface area contributed by atoms with Crippen LogP contribution in [0.25, 0.3) is 16.6 Å². The van der Waals surface area contributed by atoms with Crippen molar-refractivity contribution in [2.24, 2.45) is 5.92 Å². The molecule has 3 aromatic rings. The molecule has 0 aliphatic carbocycles. The molecular formula is C24H31FN4O2. The molecule has 4 rings (SSSR count). The third-order valence-electron chi connectivity index (χ3n) is 6.20. The minimum atomic E-state index is -0.381. The topological polar surface area (TPSA) is 58.8 Å².